The Morgan fingerprint density at radius 1 is 1.22 bits per heavy atom. The molecule has 0 aromatic heterocycles. The van der Waals surface area contributed by atoms with Crippen molar-refractivity contribution in [3.63, 3.8) is 0 Å². The van der Waals surface area contributed by atoms with Crippen LogP contribution in [0.15, 0.2) is 24.3 Å². The molecule has 0 spiro atoms. The van der Waals surface area contributed by atoms with Gasteiger partial charge in [0, 0.05) is 13.1 Å². The third kappa shape index (κ3) is 2.80. The van der Waals surface area contributed by atoms with Gasteiger partial charge in [-0.05, 0) is 25.0 Å². The van der Waals surface area contributed by atoms with Crippen LogP contribution in [-0.4, -0.2) is 41.5 Å². The van der Waals surface area contributed by atoms with Crippen molar-refractivity contribution in [3.8, 4) is 5.75 Å². The molecule has 2 amide bonds. The summed E-state index contributed by atoms with van der Waals surface area (Å²) in [4.78, 5) is 25.2. The van der Waals surface area contributed by atoms with E-state index in [1.807, 2.05) is 0 Å². The second kappa shape index (κ2) is 5.53. The number of aromatic hydroxyl groups is 1. The molecule has 1 aromatic rings. The van der Waals surface area contributed by atoms with Gasteiger partial charge in [-0.2, -0.15) is 0 Å². The number of para-hydroxylation sites is 1. The van der Waals surface area contributed by atoms with E-state index in [1.54, 1.807) is 17.0 Å². The van der Waals surface area contributed by atoms with Crippen LogP contribution in [0.5, 0.6) is 5.75 Å². The number of phenols is 1. The molecule has 0 atom stereocenters. The first-order valence-electron chi connectivity index (χ1n) is 6.02. The zero-order valence-corrected chi connectivity index (χ0v) is 10.1. The fourth-order valence-corrected chi connectivity index (χ4v) is 2.00. The molecule has 96 valence electrons. The van der Waals surface area contributed by atoms with Crippen LogP contribution in [0.4, 0.5) is 0 Å². The fraction of sp³-hybridized carbons (Fsp3) is 0.385. The Balaban J connectivity index is 1.88. The van der Waals surface area contributed by atoms with Crippen LogP contribution in [0.2, 0.25) is 0 Å². The summed E-state index contributed by atoms with van der Waals surface area (Å²) in [6.07, 6.45) is 2.05. The van der Waals surface area contributed by atoms with Gasteiger partial charge in [-0.1, -0.05) is 12.1 Å². The standard InChI is InChI=1S/C13H16N2O3/c16-11-6-2-1-5-10(11)13(18)14-9-12(17)15-7-3-4-8-15/h1-2,5-6,16H,3-4,7-9H2,(H,14,18). The predicted octanol–water partition coefficient (Wildman–Crippen LogP) is 0.744. The van der Waals surface area contributed by atoms with Gasteiger partial charge < -0.3 is 15.3 Å². The van der Waals surface area contributed by atoms with Gasteiger partial charge >= 0.3 is 0 Å². The minimum absolute atomic E-state index is 0.0207. The highest BCUT2D eigenvalue weighted by Gasteiger charge is 2.19. The summed E-state index contributed by atoms with van der Waals surface area (Å²) in [6.45, 7) is 1.52. The maximum Gasteiger partial charge on any atom is 0.255 e. The lowest BCUT2D eigenvalue weighted by atomic mass is 10.2. The molecule has 5 nitrogen and oxygen atoms in total. The van der Waals surface area contributed by atoms with Crippen molar-refractivity contribution < 1.29 is 14.7 Å². The molecule has 2 N–H and O–H groups in total. The summed E-state index contributed by atoms with van der Waals surface area (Å²) in [5.41, 5.74) is 0.187. The Kier molecular flexibility index (Phi) is 3.82. The Bertz CT molecular complexity index is 453. The highest BCUT2D eigenvalue weighted by Crippen LogP contribution is 2.15. The molecule has 5 heteroatoms. The Hall–Kier alpha value is -2.04. The molecule has 2 rings (SSSR count). The van der Waals surface area contributed by atoms with Crippen LogP contribution >= 0.6 is 0 Å². The van der Waals surface area contributed by atoms with E-state index in [1.165, 1.54) is 12.1 Å². The van der Waals surface area contributed by atoms with Crippen LogP contribution < -0.4 is 5.32 Å². The molecule has 1 aliphatic heterocycles. The first kappa shape index (κ1) is 12.4. The number of carbonyl (C=O) groups is 2. The normalized spacial score (nSPS) is 14.6. The summed E-state index contributed by atoms with van der Waals surface area (Å²) in [5.74, 6) is -0.583. The number of carbonyl (C=O) groups excluding carboxylic acids is 2. The number of nitrogens with zero attached hydrogens (tertiary/aromatic N) is 1. The van der Waals surface area contributed by atoms with Crippen molar-refractivity contribution in [2.24, 2.45) is 0 Å². The second-order valence-electron chi connectivity index (χ2n) is 4.29. The van der Waals surface area contributed by atoms with E-state index in [0.717, 1.165) is 25.9 Å². The van der Waals surface area contributed by atoms with E-state index in [-0.39, 0.29) is 23.8 Å². The van der Waals surface area contributed by atoms with Crippen molar-refractivity contribution in [1.82, 2.24) is 10.2 Å². The highest BCUT2D eigenvalue weighted by molar-refractivity contribution is 5.98. The number of likely N-dealkylation sites (tertiary alicyclic amines) is 1. The molecule has 1 aromatic carbocycles. The number of hydrogen-bond acceptors (Lipinski definition) is 3. The van der Waals surface area contributed by atoms with E-state index >= 15 is 0 Å². The zero-order chi connectivity index (χ0) is 13.0. The average molecular weight is 248 g/mol. The van der Waals surface area contributed by atoms with E-state index < -0.39 is 5.91 Å². The topological polar surface area (TPSA) is 69.6 Å². The summed E-state index contributed by atoms with van der Waals surface area (Å²) >= 11 is 0. The van der Waals surface area contributed by atoms with Crippen LogP contribution in [0.3, 0.4) is 0 Å². The fourth-order valence-electron chi connectivity index (χ4n) is 2.00. The van der Waals surface area contributed by atoms with Crippen molar-refractivity contribution in [1.29, 1.82) is 0 Å². The minimum Gasteiger partial charge on any atom is -0.507 e. The van der Waals surface area contributed by atoms with Gasteiger partial charge in [0.25, 0.3) is 5.91 Å². The predicted molar refractivity (Wildman–Crippen MR) is 66.3 cm³/mol. The molecule has 18 heavy (non-hydrogen) atoms. The largest absolute Gasteiger partial charge is 0.507 e. The molecule has 1 fully saturated rings. The summed E-state index contributed by atoms with van der Waals surface area (Å²) in [6, 6.07) is 6.26. The molecule has 0 bridgehead atoms. The zero-order valence-electron chi connectivity index (χ0n) is 10.1. The van der Waals surface area contributed by atoms with Crippen LogP contribution in [0, 0.1) is 0 Å². The Morgan fingerprint density at radius 3 is 2.56 bits per heavy atom. The van der Waals surface area contributed by atoms with Crippen molar-refractivity contribution >= 4 is 11.8 Å². The molecule has 0 aliphatic carbocycles. The maximum absolute atomic E-state index is 11.7. The highest BCUT2D eigenvalue weighted by atomic mass is 16.3. The number of rotatable bonds is 3. The number of nitrogens with one attached hydrogen (secondary N) is 1. The molecule has 1 aliphatic rings. The number of amides is 2. The van der Waals surface area contributed by atoms with E-state index in [9.17, 15) is 14.7 Å². The van der Waals surface area contributed by atoms with Crippen molar-refractivity contribution in [2.45, 2.75) is 12.8 Å². The second-order valence-corrected chi connectivity index (χ2v) is 4.29. The SMILES string of the molecule is O=C(NCC(=O)N1CCCC1)c1ccccc1O. The molecule has 0 unspecified atom stereocenters. The van der Waals surface area contributed by atoms with Crippen LogP contribution in [-0.2, 0) is 4.79 Å². The molecular formula is C13H16N2O3. The quantitative estimate of drug-likeness (QED) is 0.829. The number of hydrogen-bond donors (Lipinski definition) is 2. The van der Waals surface area contributed by atoms with E-state index in [2.05, 4.69) is 5.32 Å². The van der Waals surface area contributed by atoms with Crippen molar-refractivity contribution in [3.05, 3.63) is 29.8 Å². The number of phenolic OH excluding ortho intramolecular Hbond substituents is 1. The summed E-state index contributed by atoms with van der Waals surface area (Å²) in [7, 11) is 0. The van der Waals surface area contributed by atoms with E-state index in [0.29, 0.717) is 0 Å². The van der Waals surface area contributed by atoms with Gasteiger partial charge in [-0.15, -0.1) is 0 Å². The average Bonchev–Trinajstić information content (AvgIpc) is 2.90. The molecule has 0 radical (unpaired) electrons. The lowest BCUT2D eigenvalue weighted by Crippen LogP contribution is -2.38. The Labute approximate surface area is 105 Å². The summed E-state index contributed by atoms with van der Waals surface area (Å²) < 4.78 is 0. The third-order valence-electron chi connectivity index (χ3n) is 3.01. The first-order chi connectivity index (χ1) is 8.68. The molecule has 0 saturated carbocycles. The summed E-state index contributed by atoms with van der Waals surface area (Å²) in [5, 5.41) is 12.0. The van der Waals surface area contributed by atoms with Crippen LogP contribution in [0.25, 0.3) is 0 Å². The molecule has 1 saturated heterocycles. The van der Waals surface area contributed by atoms with Crippen molar-refractivity contribution in [2.75, 3.05) is 19.6 Å². The van der Waals surface area contributed by atoms with E-state index in [4.69, 9.17) is 0 Å². The van der Waals surface area contributed by atoms with Crippen LogP contribution in [0.1, 0.15) is 23.2 Å². The van der Waals surface area contributed by atoms with Gasteiger partial charge in [0.2, 0.25) is 5.91 Å². The monoisotopic (exact) mass is 248 g/mol. The van der Waals surface area contributed by atoms with Gasteiger partial charge in [-0.3, -0.25) is 9.59 Å². The Morgan fingerprint density at radius 2 is 1.89 bits per heavy atom. The maximum atomic E-state index is 11.7. The third-order valence-corrected chi connectivity index (χ3v) is 3.01. The molecule has 1 heterocycles. The van der Waals surface area contributed by atoms with Gasteiger partial charge in [0.05, 0.1) is 12.1 Å². The first-order valence-corrected chi connectivity index (χ1v) is 6.02. The van der Waals surface area contributed by atoms with Gasteiger partial charge in [0.15, 0.2) is 0 Å². The smallest absolute Gasteiger partial charge is 0.255 e. The minimum atomic E-state index is -0.430. The lowest BCUT2D eigenvalue weighted by Gasteiger charge is -2.15. The lowest BCUT2D eigenvalue weighted by molar-refractivity contribution is -0.129. The molecular weight excluding hydrogens is 232 g/mol. The number of benzene rings is 1. The van der Waals surface area contributed by atoms with Gasteiger partial charge in [0.1, 0.15) is 5.75 Å². The van der Waals surface area contributed by atoms with Gasteiger partial charge in [-0.25, -0.2) is 0 Å².